The monoisotopic (exact) mass is 648 g/mol. The summed E-state index contributed by atoms with van der Waals surface area (Å²) in [4.78, 5) is 89.5. The van der Waals surface area contributed by atoms with E-state index in [9.17, 15) is 28.8 Å². The van der Waals surface area contributed by atoms with Crippen molar-refractivity contribution in [2.75, 3.05) is 34.5 Å². The molecule has 0 spiro atoms. The van der Waals surface area contributed by atoms with Gasteiger partial charge >= 0.3 is 12.3 Å². The van der Waals surface area contributed by atoms with Gasteiger partial charge in [-0.3, -0.25) is 24.1 Å². The Morgan fingerprint density at radius 3 is 2.37 bits per heavy atom. The number of hydrogen-bond donors (Lipinski definition) is 3. The largest absolute Gasteiger partial charge is 0.540 e. The van der Waals surface area contributed by atoms with Crippen LogP contribution < -0.4 is 15.4 Å². The number of carbonyl (C=O) groups excluding carboxylic acids is 6. The van der Waals surface area contributed by atoms with Crippen molar-refractivity contribution in [1.82, 2.24) is 20.5 Å². The number of fused-ring (bicyclic) bond motifs is 1. The molecule has 16 heteroatoms. The van der Waals surface area contributed by atoms with Crippen molar-refractivity contribution < 1.29 is 57.5 Å². The van der Waals surface area contributed by atoms with Gasteiger partial charge in [0.15, 0.2) is 18.6 Å². The summed E-state index contributed by atoms with van der Waals surface area (Å²) in [5, 5.41) is 6.06. The van der Waals surface area contributed by atoms with E-state index in [0.29, 0.717) is 23.1 Å². The molecule has 0 unspecified atom stereocenters. The van der Waals surface area contributed by atoms with Crippen molar-refractivity contribution >= 4 is 46.7 Å². The average Bonchev–Trinajstić information content (AvgIpc) is 3.63. The minimum atomic E-state index is -1.27. The number of aromatic nitrogens is 1. The lowest BCUT2D eigenvalue weighted by Gasteiger charge is -2.26. The quantitative estimate of drug-likeness (QED) is 0.145. The van der Waals surface area contributed by atoms with Gasteiger partial charge in [0.05, 0.1) is 27.4 Å². The second-order valence-corrected chi connectivity index (χ2v) is 11.0. The molecule has 2 aromatic rings. The Bertz CT molecular complexity index is 1420. The van der Waals surface area contributed by atoms with Crippen molar-refractivity contribution in [3.63, 3.8) is 0 Å². The molecule has 3 amide bonds. The minimum absolute atomic E-state index is 0.0361. The van der Waals surface area contributed by atoms with Crippen LogP contribution in [0, 0.1) is 11.8 Å². The number of ether oxygens (including phenoxy) is 4. The summed E-state index contributed by atoms with van der Waals surface area (Å²) >= 11 is 0. The second-order valence-electron chi connectivity index (χ2n) is 11.0. The standard InChI is InChI=1S/C30H40N4O12/c1-16(2)12-22(33-27(37)23-14-19-20(31-23)8-7-9-25(19)41-4)26(36)32-21(24(35)15-44-46-30(40)43-6)13-18-10-11-34(28(18)38)17(3)45-29(39)42-5/h7-9,14,16-18,21-22,31H,10-13,15H2,1-6H3,(H,32,36)(H,33,37)/t17-,18+,21+,22+/m1/s1. The number of likely N-dealkylation sites (tertiary alicyclic amines) is 1. The highest BCUT2D eigenvalue weighted by molar-refractivity contribution is 6.02. The van der Waals surface area contributed by atoms with Crippen LogP contribution in [0.2, 0.25) is 0 Å². The number of amides is 3. The number of Topliss-reactive ketones (excluding diaryl/α,β-unsaturated/α-hetero) is 1. The Morgan fingerprint density at radius 1 is 1.00 bits per heavy atom. The topological polar surface area (TPSA) is 201 Å². The summed E-state index contributed by atoms with van der Waals surface area (Å²) in [6.45, 7) is 4.70. The van der Waals surface area contributed by atoms with Gasteiger partial charge in [-0.15, -0.1) is 0 Å². The van der Waals surface area contributed by atoms with Gasteiger partial charge in [0, 0.05) is 23.4 Å². The molecule has 1 fully saturated rings. The van der Waals surface area contributed by atoms with Crippen LogP contribution >= 0.6 is 0 Å². The molecule has 3 N–H and O–H groups in total. The molecule has 1 aromatic carbocycles. The van der Waals surface area contributed by atoms with Crippen molar-refractivity contribution in [3.8, 4) is 5.75 Å². The molecule has 1 aliphatic heterocycles. The summed E-state index contributed by atoms with van der Waals surface area (Å²) in [6, 6.07) is 4.58. The van der Waals surface area contributed by atoms with Gasteiger partial charge in [-0.05, 0) is 50.3 Å². The van der Waals surface area contributed by atoms with Crippen LogP contribution in [0.15, 0.2) is 24.3 Å². The first-order valence-corrected chi connectivity index (χ1v) is 14.6. The number of carbonyl (C=O) groups is 6. The van der Waals surface area contributed by atoms with Gasteiger partial charge in [-0.2, -0.15) is 4.89 Å². The number of benzene rings is 1. The van der Waals surface area contributed by atoms with Crippen LogP contribution in [0.1, 0.15) is 50.5 Å². The SMILES string of the molecule is COC(=O)OOCC(=O)[C@H](C[C@@H]1CCN([C@@H](C)OC(=O)OC)C1=O)NC(=O)[C@H](CC(C)C)NC(=O)c1cc2c(OC)cccc2[nH]1. The fourth-order valence-corrected chi connectivity index (χ4v) is 5.06. The third-order valence-electron chi connectivity index (χ3n) is 7.36. The zero-order chi connectivity index (χ0) is 34.0. The number of ketones is 1. The van der Waals surface area contributed by atoms with E-state index >= 15 is 0 Å². The van der Waals surface area contributed by atoms with Crippen LogP contribution in [0.3, 0.4) is 0 Å². The Morgan fingerprint density at radius 2 is 1.72 bits per heavy atom. The molecule has 0 bridgehead atoms. The van der Waals surface area contributed by atoms with Crippen LogP contribution in [0.4, 0.5) is 9.59 Å². The van der Waals surface area contributed by atoms with Crippen molar-refractivity contribution in [1.29, 1.82) is 0 Å². The molecule has 46 heavy (non-hydrogen) atoms. The maximum absolute atomic E-state index is 13.6. The van der Waals surface area contributed by atoms with Crippen molar-refractivity contribution in [2.45, 2.75) is 58.3 Å². The third-order valence-corrected chi connectivity index (χ3v) is 7.36. The lowest BCUT2D eigenvalue weighted by Crippen LogP contribution is -2.53. The van der Waals surface area contributed by atoms with E-state index < -0.39 is 66.7 Å². The predicted octanol–water partition coefficient (Wildman–Crippen LogP) is 2.46. The van der Waals surface area contributed by atoms with E-state index in [0.717, 1.165) is 14.2 Å². The van der Waals surface area contributed by atoms with E-state index in [-0.39, 0.29) is 31.0 Å². The van der Waals surface area contributed by atoms with E-state index in [2.05, 4.69) is 34.9 Å². The zero-order valence-corrected chi connectivity index (χ0v) is 26.6. The number of nitrogens with one attached hydrogen (secondary N) is 3. The molecule has 4 atom stereocenters. The Kier molecular flexibility index (Phi) is 12.7. The van der Waals surface area contributed by atoms with Gasteiger partial charge in [0.1, 0.15) is 17.5 Å². The van der Waals surface area contributed by atoms with Crippen LogP contribution in [0.5, 0.6) is 5.75 Å². The molecule has 0 saturated carbocycles. The fourth-order valence-electron chi connectivity index (χ4n) is 5.06. The Balaban J connectivity index is 1.78. The highest BCUT2D eigenvalue weighted by atomic mass is 17.2. The maximum atomic E-state index is 13.6. The first-order chi connectivity index (χ1) is 21.9. The second kappa shape index (κ2) is 16.5. The molecule has 1 aliphatic rings. The lowest BCUT2D eigenvalue weighted by atomic mass is 9.95. The molecule has 3 rings (SSSR count). The molecule has 16 nitrogen and oxygen atoms in total. The van der Waals surface area contributed by atoms with Crippen LogP contribution in [0.25, 0.3) is 10.9 Å². The molecule has 2 heterocycles. The van der Waals surface area contributed by atoms with Gasteiger partial charge in [0.25, 0.3) is 5.91 Å². The van der Waals surface area contributed by atoms with E-state index in [1.54, 1.807) is 24.3 Å². The van der Waals surface area contributed by atoms with E-state index in [4.69, 9.17) is 9.47 Å². The van der Waals surface area contributed by atoms with Crippen LogP contribution in [-0.2, 0) is 38.4 Å². The molecule has 0 radical (unpaired) electrons. The molecule has 252 valence electrons. The number of methoxy groups -OCH3 is 3. The zero-order valence-electron chi connectivity index (χ0n) is 26.6. The summed E-state index contributed by atoms with van der Waals surface area (Å²) < 4.78 is 19.2. The fraction of sp³-hybridized carbons (Fsp3) is 0.533. The first kappa shape index (κ1) is 35.6. The summed E-state index contributed by atoms with van der Waals surface area (Å²) in [7, 11) is 3.71. The Hall–Kier alpha value is -4.86. The number of hydrogen-bond acceptors (Lipinski definition) is 12. The molecule has 0 aliphatic carbocycles. The van der Waals surface area contributed by atoms with Crippen molar-refractivity contribution in [3.05, 3.63) is 30.0 Å². The molecular formula is C30H40N4O12. The molecular weight excluding hydrogens is 608 g/mol. The normalized spacial score (nSPS) is 16.4. The highest BCUT2D eigenvalue weighted by Crippen LogP contribution is 2.27. The van der Waals surface area contributed by atoms with Gasteiger partial charge in [0.2, 0.25) is 11.8 Å². The van der Waals surface area contributed by atoms with Crippen LogP contribution in [-0.4, -0.2) is 98.5 Å². The smallest absolute Gasteiger partial charge is 0.496 e. The summed E-state index contributed by atoms with van der Waals surface area (Å²) in [6.07, 6.45) is -2.71. The number of aromatic amines is 1. The predicted molar refractivity (Wildman–Crippen MR) is 159 cm³/mol. The number of H-pyrrole nitrogens is 1. The van der Waals surface area contributed by atoms with E-state index in [1.165, 1.54) is 18.9 Å². The Labute approximate surface area is 265 Å². The summed E-state index contributed by atoms with van der Waals surface area (Å²) in [5.74, 6) is -2.55. The number of nitrogens with zero attached hydrogens (tertiary/aromatic N) is 1. The van der Waals surface area contributed by atoms with Crippen molar-refractivity contribution in [2.24, 2.45) is 11.8 Å². The highest BCUT2D eigenvalue weighted by Gasteiger charge is 2.39. The number of rotatable bonds is 15. The van der Waals surface area contributed by atoms with Gasteiger partial charge in [-0.1, -0.05) is 19.9 Å². The van der Waals surface area contributed by atoms with Gasteiger partial charge < -0.3 is 39.5 Å². The minimum Gasteiger partial charge on any atom is -0.496 e. The molecule has 1 saturated heterocycles. The van der Waals surface area contributed by atoms with Gasteiger partial charge in [-0.25, -0.2) is 9.59 Å². The molecule has 1 aromatic heterocycles. The third kappa shape index (κ3) is 9.32. The average molecular weight is 649 g/mol. The van der Waals surface area contributed by atoms with E-state index in [1.807, 2.05) is 13.8 Å². The maximum Gasteiger partial charge on any atom is 0.540 e. The lowest BCUT2D eigenvalue weighted by molar-refractivity contribution is -0.249. The summed E-state index contributed by atoms with van der Waals surface area (Å²) in [5.41, 5.74) is 0.859. The first-order valence-electron chi connectivity index (χ1n) is 14.6.